The van der Waals surface area contributed by atoms with Crippen molar-refractivity contribution < 1.29 is 13.5 Å². The van der Waals surface area contributed by atoms with E-state index in [1.165, 1.54) is 10.4 Å². The summed E-state index contributed by atoms with van der Waals surface area (Å²) in [6.07, 6.45) is 0.732. The number of aliphatic hydroxyl groups is 1. The van der Waals surface area contributed by atoms with Crippen molar-refractivity contribution in [2.45, 2.75) is 30.8 Å². The molecule has 2 rings (SSSR count). The maximum atomic E-state index is 12.4. The van der Waals surface area contributed by atoms with Crippen LogP contribution >= 0.6 is 11.6 Å². The second-order valence-corrected chi connectivity index (χ2v) is 6.91. The fraction of sp³-hybridized carbons (Fsp3) is 0.500. The number of benzene rings is 1. The van der Waals surface area contributed by atoms with Gasteiger partial charge < -0.3 is 5.11 Å². The van der Waals surface area contributed by atoms with E-state index in [0.717, 1.165) is 5.56 Å². The van der Waals surface area contributed by atoms with Crippen LogP contribution in [-0.2, 0) is 10.0 Å². The summed E-state index contributed by atoms with van der Waals surface area (Å²) < 4.78 is 26.1. The van der Waals surface area contributed by atoms with E-state index in [1.54, 1.807) is 12.1 Å². The van der Waals surface area contributed by atoms with Gasteiger partial charge in [-0.1, -0.05) is 17.7 Å². The van der Waals surface area contributed by atoms with Crippen molar-refractivity contribution in [3.63, 3.8) is 0 Å². The minimum Gasteiger partial charge on any atom is -0.392 e. The first-order valence-electron chi connectivity index (χ1n) is 5.85. The Morgan fingerprint density at radius 1 is 1.44 bits per heavy atom. The SMILES string of the molecule is Cc1ccc(S(=O)(=O)N2CCC[C@H](O)C2)c(Cl)c1. The lowest BCUT2D eigenvalue weighted by Gasteiger charge is -2.29. The molecule has 0 spiro atoms. The van der Waals surface area contributed by atoms with Crippen LogP contribution < -0.4 is 0 Å². The number of halogens is 1. The van der Waals surface area contributed by atoms with Crippen LogP contribution in [0, 0.1) is 6.92 Å². The standard InChI is InChI=1S/C12H16ClNO3S/c1-9-4-5-12(11(13)7-9)18(16,17)14-6-2-3-10(15)8-14/h4-5,7,10,15H,2-3,6,8H2,1H3/t10-/m0/s1. The van der Waals surface area contributed by atoms with Crippen LogP contribution in [0.5, 0.6) is 0 Å². The van der Waals surface area contributed by atoms with E-state index in [2.05, 4.69) is 0 Å². The van der Waals surface area contributed by atoms with Crippen molar-refractivity contribution in [2.24, 2.45) is 0 Å². The average molecular weight is 290 g/mol. The molecule has 100 valence electrons. The number of β-amino-alcohol motifs (C(OH)–C–C–N with tert-alkyl or cyclic N) is 1. The molecule has 1 fully saturated rings. The summed E-state index contributed by atoms with van der Waals surface area (Å²) in [7, 11) is -3.60. The molecule has 0 aliphatic carbocycles. The molecule has 1 aliphatic rings. The van der Waals surface area contributed by atoms with Crippen LogP contribution in [0.25, 0.3) is 0 Å². The summed E-state index contributed by atoms with van der Waals surface area (Å²) in [5.41, 5.74) is 0.914. The molecule has 6 heteroatoms. The molecule has 1 saturated heterocycles. The fourth-order valence-electron chi connectivity index (χ4n) is 2.09. The number of hydrogen-bond donors (Lipinski definition) is 1. The van der Waals surface area contributed by atoms with Crippen molar-refractivity contribution in [3.8, 4) is 0 Å². The number of nitrogens with zero attached hydrogens (tertiary/aromatic N) is 1. The van der Waals surface area contributed by atoms with Gasteiger partial charge in [0.1, 0.15) is 4.90 Å². The van der Waals surface area contributed by atoms with E-state index in [1.807, 2.05) is 6.92 Å². The van der Waals surface area contributed by atoms with Crippen molar-refractivity contribution in [1.29, 1.82) is 0 Å². The van der Waals surface area contributed by atoms with Crippen LogP contribution in [0.1, 0.15) is 18.4 Å². The van der Waals surface area contributed by atoms with E-state index in [9.17, 15) is 13.5 Å². The van der Waals surface area contributed by atoms with E-state index < -0.39 is 16.1 Å². The lowest BCUT2D eigenvalue weighted by atomic mass is 10.1. The van der Waals surface area contributed by atoms with E-state index in [-0.39, 0.29) is 16.5 Å². The second kappa shape index (κ2) is 5.17. The quantitative estimate of drug-likeness (QED) is 0.903. The van der Waals surface area contributed by atoms with Crippen LogP contribution in [0.2, 0.25) is 5.02 Å². The average Bonchev–Trinajstić information content (AvgIpc) is 2.28. The van der Waals surface area contributed by atoms with Gasteiger partial charge in [0.05, 0.1) is 11.1 Å². The van der Waals surface area contributed by atoms with Gasteiger partial charge in [0.15, 0.2) is 0 Å². The molecule has 1 aliphatic heterocycles. The summed E-state index contributed by atoms with van der Waals surface area (Å²) in [5.74, 6) is 0. The summed E-state index contributed by atoms with van der Waals surface area (Å²) >= 11 is 6.00. The van der Waals surface area contributed by atoms with E-state index in [4.69, 9.17) is 11.6 Å². The highest BCUT2D eigenvalue weighted by atomic mass is 35.5. The summed E-state index contributed by atoms with van der Waals surface area (Å²) in [4.78, 5) is 0.115. The van der Waals surface area contributed by atoms with Gasteiger partial charge in [-0.15, -0.1) is 0 Å². The largest absolute Gasteiger partial charge is 0.392 e. The highest BCUT2D eigenvalue weighted by Crippen LogP contribution is 2.27. The molecule has 4 nitrogen and oxygen atoms in total. The Balaban J connectivity index is 2.35. The number of hydrogen-bond acceptors (Lipinski definition) is 3. The summed E-state index contributed by atoms with van der Waals surface area (Å²) in [6, 6.07) is 4.88. The molecule has 18 heavy (non-hydrogen) atoms. The Hall–Kier alpha value is -0.620. The molecule has 1 atom stereocenters. The molecule has 0 unspecified atom stereocenters. The molecule has 1 heterocycles. The molecule has 1 N–H and O–H groups in total. The maximum absolute atomic E-state index is 12.4. The molecule has 0 amide bonds. The van der Waals surface area contributed by atoms with Gasteiger partial charge in [-0.25, -0.2) is 8.42 Å². The van der Waals surface area contributed by atoms with Crippen molar-refractivity contribution >= 4 is 21.6 Å². The molecule has 1 aromatic rings. The first-order valence-corrected chi connectivity index (χ1v) is 7.67. The Labute approximate surface area is 112 Å². The fourth-order valence-corrected chi connectivity index (χ4v) is 4.18. The van der Waals surface area contributed by atoms with Gasteiger partial charge in [-0.2, -0.15) is 4.31 Å². The van der Waals surface area contributed by atoms with Gasteiger partial charge in [0, 0.05) is 13.1 Å². The zero-order chi connectivity index (χ0) is 13.3. The van der Waals surface area contributed by atoms with Crippen LogP contribution in [0.3, 0.4) is 0 Å². The zero-order valence-corrected chi connectivity index (χ0v) is 11.7. The third-order valence-corrected chi connectivity index (χ3v) is 5.41. The number of aryl methyl sites for hydroxylation is 1. The molecular formula is C12H16ClNO3S. The lowest BCUT2D eigenvalue weighted by molar-refractivity contribution is 0.108. The zero-order valence-electron chi connectivity index (χ0n) is 10.1. The topological polar surface area (TPSA) is 57.6 Å². The molecule has 1 aromatic carbocycles. The Bertz CT molecular complexity index is 544. The molecule has 0 bridgehead atoms. The summed E-state index contributed by atoms with van der Waals surface area (Å²) in [6.45, 7) is 2.43. The highest BCUT2D eigenvalue weighted by molar-refractivity contribution is 7.89. The van der Waals surface area contributed by atoms with Gasteiger partial charge in [-0.05, 0) is 37.5 Å². The monoisotopic (exact) mass is 289 g/mol. The molecule has 0 saturated carbocycles. The lowest BCUT2D eigenvalue weighted by Crippen LogP contribution is -2.42. The molecule has 0 aromatic heterocycles. The predicted molar refractivity (Wildman–Crippen MR) is 70.2 cm³/mol. The normalized spacial score (nSPS) is 22.1. The Morgan fingerprint density at radius 2 is 2.17 bits per heavy atom. The Morgan fingerprint density at radius 3 is 2.78 bits per heavy atom. The molecular weight excluding hydrogens is 274 g/mol. The van der Waals surface area contributed by atoms with Crippen LogP contribution in [0.4, 0.5) is 0 Å². The third kappa shape index (κ3) is 2.69. The first kappa shape index (κ1) is 13.8. The number of aliphatic hydroxyl groups excluding tert-OH is 1. The highest BCUT2D eigenvalue weighted by Gasteiger charge is 2.30. The minimum absolute atomic E-state index is 0.115. The van der Waals surface area contributed by atoms with E-state index >= 15 is 0 Å². The maximum Gasteiger partial charge on any atom is 0.244 e. The van der Waals surface area contributed by atoms with Gasteiger partial charge >= 0.3 is 0 Å². The smallest absolute Gasteiger partial charge is 0.244 e. The van der Waals surface area contributed by atoms with Crippen molar-refractivity contribution in [3.05, 3.63) is 28.8 Å². The first-order chi connectivity index (χ1) is 8.41. The van der Waals surface area contributed by atoms with Gasteiger partial charge in [0.2, 0.25) is 10.0 Å². The van der Waals surface area contributed by atoms with E-state index in [0.29, 0.717) is 19.4 Å². The predicted octanol–water partition coefficient (Wildman–Crippen LogP) is 1.79. The number of piperidine rings is 1. The van der Waals surface area contributed by atoms with Crippen LogP contribution in [0.15, 0.2) is 23.1 Å². The Kier molecular flexibility index (Phi) is 3.96. The van der Waals surface area contributed by atoms with Gasteiger partial charge in [-0.3, -0.25) is 0 Å². The molecule has 0 radical (unpaired) electrons. The van der Waals surface area contributed by atoms with Gasteiger partial charge in [0.25, 0.3) is 0 Å². The van der Waals surface area contributed by atoms with Crippen molar-refractivity contribution in [2.75, 3.05) is 13.1 Å². The van der Waals surface area contributed by atoms with Crippen molar-refractivity contribution in [1.82, 2.24) is 4.31 Å². The van der Waals surface area contributed by atoms with Crippen LogP contribution in [-0.4, -0.2) is 37.0 Å². The summed E-state index contributed by atoms with van der Waals surface area (Å²) in [5, 5.41) is 9.80. The third-order valence-electron chi connectivity index (χ3n) is 3.06. The second-order valence-electron chi connectivity index (χ2n) is 4.59. The number of rotatable bonds is 2. The minimum atomic E-state index is -3.60. The number of sulfonamides is 1.